The second kappa shape index (κ2) is 6.83. The minimum Gasteiger partial charge on any atom is -0.382 e. The summed E-state index contributed by atoms with van der Waals surface area (Å²) in [5.74, 6) is 0.0691. The van der Waals surface area contributed by atoms with Crippen molar-refractivity contribution < 1.29 is 14.3 Å². The summed E-state index contributed by atoms with van der Waals surface area (Å²) < 4.78 is 10.4. The number of nitrogens with one attached hydrogen (secondary N) is 2. The molecule has 2 unspecified atom stereocenters. The third-order valence-corrected chi connectivity index (χ3v) is 2.99. The average Bonchev–Trinajstić information content (AvgIpc) is 2.73. The Morgan fingerprint density at radius 3 is 2.88 bits per heavy atom. The molecule has 1 amide bonds. The Morgan fingerprint density at radius 1 is 1.50 bits per heavy atom. The maximum atomic E-state index is 11.6. The van der Waals surface area contributed by atoms with Crippen LogP contribution in [0.1, 0.15) is 19.8 Å². The van der Waals surface area contributed by atoms with E-state index in [0.29, 0.717) is 6.42 Å². The van der Waals surface area contributed by atoms with Crippen LogP contribution in [0.3, 0.4) is 0 Å². The van der Waals surface area contributed by atoms with Gasteiger partial charge in [0.1, 0.15) is 0 Å². The Kier molecular flexibility index (Phi) is 5.73. The molecule has 2 N–H and O–H groups in total. The molecule has 0 radical (unpaired) electrons. The molecule has 0 saturated carbocycles. The number of carbonyl (C=O) groups excluding carboxylic acids is 1. The van der Waals surface area contributed by atoms with E-state index in [0.717, 1.165) is 19.5 Å². The van der Waals surface area contributed by atoms with Crippen LogP contribution in [-0.4, -0.2) is 51.5 Å². The van der Waals surface area contributed by atoms with Crippen LogP contribution < -0.4 is 10.6 Å². The molecule has 0 aromatic heterocycles. The van der Waals surface area contributed by atoms with Gasteiger partial charge in [-0.25, -0.2) is 0 Å². The van der Waals surface area contributed by atoms with Crippen molar-refractivity contribution in [2.45, 2.75) is 38.0 Å². The van der Waals surface area contributed by atoms with Crippen molar-refractivity contribution in [2.24, 2.45) is 0 Å². The summed E-state index contributed by atoms with van der Waals surface area (Å²) in [5.41, 5.74) is 0. The minimum atomic E-state index is 0.0691. The van der Waals surface area contributed by atoms with Crippen LogP contribution in [0.15, 0.2) is 0 Å². The second-order valence-electron chi connectivity index (χ2n) is 4.19. The largest absolute Gasteiger partial charge is 0.382 e. The highest BCUT2D eigenvalue weighted by atomic mass is 16.5. The molecule has 0 aliphatic carbocycles. The maximum Gasteiger partial charge on any atom is 0.220 e. The van der Waals surface area contributed by atoms with E-state index < -0.39 is 0 Å². The van der Waals surface area contributed by atoms with Gasteiger partial charge in [0.05, 0.1) is 18.2 Å². The minimum absolute atomic E-state index is 0.0691. The first-order valence-electron chi connectivity index (χ1n) is 5.73. The number of hydrogen-bond acceptors (Lipinski definition) is 4. The fourth-order valence-corrected chi connectivity index (χ4v) is 1.78. The molecule has 1 fully saturated rings. The summed E-state index contributed by atoms with van der Waals surface area (Å²) >= 11 is 0. The average molecular weight is 230 g/mol. The number of methoxy groups -OCH3 is 2. The fourth-order valence-electron chi connectivity index (χ4n) is 1.78. The highest BCUT2D eigenvalue weighted by molar-refractivity contribution is 5.76. The van der Waals surface area contributed by atoms with E-state index in [-0.39, 0.29) is 24.2 Å². The third-order valence-electron chi connectivity index (χ3n) is 2.99. The number of hydrogen-bond donors (Lipinski definition) is 2. The highest BCUT2D eigenvalue weighted by Gasteiger charge is 2.27. The molecule has 0 spiro atoms. The lowest BCUT2D eigenvalue weighted by atomic mass is 10.1. The molecule has 1 aliphatic rings. The smallest absolute Gasteiger partial charge is 0.220 e. The number of carbonyl (C=O) groups is 1. The molecule has 1 heterocycles. The summed E-state index contributed by atoms with van der Waals surface area (Å²) in [5, 5.41) is 6.17. The van der Waals surface area contributed by atoms with Gasteiger partial charge in [-0.3, -0.25) is 4.79 Å². The third kappa shape index (κ3) is 4.08. The molecule has 1 rings (SSSR count). The van der Waals surface area contributed by atoms with Crippen molar-refractivity contribution in [3.05, 3.63) is 0 Å². The van der Waals surface area contributed by atoms with E-state index in [1.54, 1.807) is 14.2 Å². The quantitative estimate of drug-likeness (QED) is 0.669. The summed E-state index contributed by atoms with van der Waals surface area (Å²) in [4.78, 5) is 11.6. The van der Waals surface area contributed by atoms with E-state index in [1.165, 1.54) is 0 Å². The Bertz CT molecular complexity index is 223. The Labute approximate surface area is 96.9 Å². The van der Waals surface area contributed by atoms with Gasteiger partial charge in [0.2, 0.25) is 5.91 Å². The second-order valence-corrected chi connectivity index (χ2v) is 4.19. The lowest BCUT2D eigenvalue weighted by Gasteiger charge is -2.19. The molecular formula is C11H22N2O3. The summed E-state index contributed by atoms with van der Waals surface area (Å²) in [6.07, 6.45) is 1.47. The maximum absolute atomic E-state index is 11.6. The molecule has 0 bridgehead atoms. The van der Waals surface area contributed by atoms with E-state index in [2.05, 4.69) is 10.6 Å². The molecule has 0 aromatic carbocycles. The van der Waals surface area contributed by atoms with Crippen molar-refractivity contribution in [1.82, 2.24) is 10.6 Å². The van der Waals surface area contributed by atoms with Crippen LogP contribution in [0, 0.1) is 0 Å². The zero-order chi connectivity index (χ0) is 12.0. The van der Waals surface area contributed by atoms with Gasteiger partial charge in [-0.05, 0) is 13.3 Å². The van der Waals surface area contributed by atoms with Crippen LogP contribution in [0.4, 0.5) is 0 Å². The Morgan fingerprint density at radius 2 is 2.25 bits per heavy atom. The van der Waals surface area contributed by atoms with Crippen molar-refractivity contribution in [3.63, 3.8) is 0 Å². The molecule has 5 heteroatoms. The normalized spacial score (nSPS) is 26.7. The SMILES string of the molecule is COC(C)CCC(=O)NC1CNC[C@@H]1OC. The van der Waals surface area contributed by atoms with Gasteiger partial charge in [0.15, 0.2) is 0 Å². The first kappa shape index (κ1) is 13.4. The summed E-state index contributed by atoms with van der Waals surface area (Å²) in [6, 6.07) is 0.0929. The van der Waals surface area contributed by atoms with Gasteiger partial charge >= 0.3 is 0 Å². The van der Waals surface area contributed by atoms with Crippen LogP contribution in [-0.2, 0) is 14.3 Å². The molecule has 1 aliphatic heterocycles. The predicted molar refractivity (Wildman–Crippen MR) is 61.3 cm³/mol. The van der Waals surface area contributed by atoms with Crippen molar-refractivity contribution in [2.75, 3.05) is 27.3 Å². The Hall–Kier alpha value is -0.650. The summed E-state index contributed by atoms with van der Waals surface area (Å²) in [6.45, 7) is 3.54. The monoisotopic (exact) mass is 230 g/mol. The first-order chi connectivity index (χ1) is 7.67. The lowest BCUT2D eigenvalue weighted by molar-refractivity contribution is -0.123. The van der Waals surface area contributed by atoms with Gasteiger partial charge in [-0.2, -0.15) is 0 Å². The number of ether oxygens (including phenoxy) is 2. The molecular weight excluding hydrogens is 208 g/mol. The molecule has 94 valence electrons. The lowest BCUT2D eigenvalue weighted by Crippen LogP contribution is -2.43. The highest BCUT2D eigenvalue weighted by Crippen LogP contribution is 2.05. The van der Waals surface area contributed by atoms with Crippen LogP contribution in [0.25, 0.3) is 0 Å². The zero-order valence-corrected chi connectivity index (χ0v) is 10.3. The molecule has 16 heavy (non-hydrogen) atoms. The van der Waals surface area contributed by atoms with Gasteiger partial charge in [0, 0.05) is 33.7 Å². The van der Waals surface area contributed by atoms with Gasteiger partial charge in [-0.1, -0.05) is 0 Å². The standard InChI is InChI=1S/C11H22N2O3/c1-8(15-2)4-5-11(14)13-9-6-12-7-10(9)16-3/h8-10,12H,4-7H2,1-3H3,(H,13,14)/t8?,9?,10-/m0/s1. The number of rotatable bonds is 6. The van der Waals surface area contributed by atoms with Crippen LogP contribution in [0.2, 0.25) is 0 Å². The van der Waals surface area contributed by atoms with Gasteiger partial charge < -0.3 is 20.1 Å². The van der Waals surface area contributed by atoms with E-state index in [1.807, 2.05) is 6.92 Å². The molecule has 1 saturated heterocycles. The van der Waals surface area contributed by atoms with Crippen molar-refractivity contribution in [3.8, 4) is 0 Å². The molecule has 3 atom stereocenters. The fraction of sp³-hybridized carbons (Fsp3) is 0.909. The van der Waals surface area contributed by atoms with Crippen LogP contribution >= 0.6 is 0 Å². The summed E-state index contributed by atoms with van der Waals surface area (Å²) in [7, 11) is 3.33. The zero-order valence-electron chi connectivity index (χ0n) is 10.3. The topological polar surface area (TPSA) is 59.6 Å². The van der Waals surface area contributed by atoms with Gasteiger partial charge in [0.25, 0.3) is 0 Å². The van der Waals surface area contributed by atoms with Crippen LogP contribution in [0.5, 0.6) is 0 Å². The molecule has 0 aromatic rings. The van der Waals surface area contributed by atoms with Crippen molar-refractivity contribution >= 4 is 5.91 Å². The predicted octanol–water partition coefficient (Wildman–Crippen LogP) is -0.0955. The van der Waals surface area contributed by atoms with E-state index in [9.17, 15) is 4.79 Å². The Balaban J connectivity index is 2.23. The first-order valence-corrected chi connectivity index (χ1v) is 5.73. The molecule has 5 nitrogen and oxygen atoms in total. The van der Waals surface area contributed by atoms with Crippen molar-refractivity contribution in [1.29, 1.82) is 0 Å². The number of amides is 1. The van der Waals surface area contributed by atoms with E-state index in [4.69, 9.17) is 9.47 Å². The van der Waals surface area contributed by atoms with Gasteiger partial charge in [-0.15, -0.1) is 0 Å². The van der Waals surface area contributed by atoms with E-state index >= 15 is 0 Å².